The molecule has 1 aromatic carbocycles. The number of nitrogens with zero attached hydrogens (tertiary/aromatic N) is 2. The normalized spacial score (nSPS) is 10.5. The molecular formula is C9H7N3O4. The maximum Gasteiger partial charge on any atom is 0.307 e. The standard InChI is InChI=1S/C9H7N3O4/c13-8(14)3-5-1-6-9(11-4-10-6)7(2-5)12(15)16/h1-2,4H,3H2,(H,10,11)(H,13,14). The third-order valence-corrected chi connectivity index (χ3v) is 2.12. The Kier molecular flexibility index (Phi) is 2.28. The summed E-state index contributed by atoms with van der Waals surface area (Å²) >= 11 is 0. The average molecular weight is 221 g/mol. The van der Waals surface area contributed by atoms with Crippen molar-refractivity contribution in [1.29, 1.82) is 0 Å². The molecule has 2 N–H and O–H groups in total. The highest BCUT2D eigenvalue weighted by Crippen LogP contribution is 2.24. The van der Waals surface area contributed by atoms with Crippen LogP contribution in [0.4, 0.5) is 5.69 Å². The van der Waals surface area contributed by atoms with Gasteiger partial charge in [0.05, 0.1) is 23.2 Å². The fraction of sp³-hybridized carbons (Fsp3) is 0.111. The number of carbonyl (C=O) groups is 1. The summed E-state index contributed by atoms with van der Waals surface area (Å²) in [5.41, 5.74) is 0.885. The zero-order valence-corrected chi connectivity index (χ0v) is 8.01. The van der Waals surface area contributed by atoms with E-state index in [2.05, 4.69) is 9.97 Å². The van der Waals surface area contributed by atoms with E-state index in [0.29, 0.717) is 11.1 Å². The Bertz CT molecular complexity index is 575. The molecule has 82 valence electrons. The van der Waals surface area contributed by atoms with Crippen molar-refractivity contribution >= 4 is 22.7 Å². The predicted octanol–water partition coefficient (Wildman–Crippen LogP) is 1.10. The molecule has 0 aliphatic rings. The first-order valence-corrected chi connectivity index (χ1v) is 4.40. The zero-order valence-electron chi connectivity index (χ0n) is 8.01. The number of carboxylic acid groups (broad SMARTS) is 1. The molecule has 0 aliphatic heterocycles. The number of aromatic amines is 1. The summed E-state index contributed by atoms with van der Waals surface area (Å²) in [6, 6.07) is 2.78. The van der Waals surface area contributed by atoms with Crippen LogP contribution in [0, 0.1) is 10.1 Å². The molecule has 1 aromatic heterocycles. The Balaban J connectivity index is 2.61. The molecule has 2 aromatic rings. The lowest BCUT2D eigenvalue weighted by molar-refractivity contribution is -0.383. The van der Waals surface area contributed by atoms with Gasteiger partial charge in [0.15, 0.2) is 5.52 Å². The molecule has 16 heavy (non-hydrogen) atoms. The summed E-state index contributed by atoms with van der Waals surface area (Å²) < 4.78 is 0. The molecule has 0 spiro atoms. The largest absolute Gasteiger partial charge is 0.481 e. The molecule has 0 fully saturated rings. The van der Waals surface area contributed by atoms with Crippen LogP contribution in [0.2, 0.25) is 0 Å². The fourth-order valence-electron chi connectivity index (χ4n) is 1.51. The minimum absolute atomic E-state index is 0.185. The number of hydrogen-bond donors (Lipinski definition) is 2. The van der Waals surface area contributed by atoms with Crippen molar-refractivity contribution in [3.05, 3.63) is 34.1 Å². The number of carboxylic acids is 1. The van der Waals surface area contributed by atoms with E-state index >= 15 is 0 Å². The van der Waals surface area contributed by atoms with E-state index < -0.39 is 10.9 Å². The van der Waals surface area contributed by atoms with Crippen LogP contribution in [0.3, 0.4) is 0 Å². The van der Waals surface area contributed by atoms with Crippen molar-refractivity contribution in [1.82, 2.24) is 9.97 Å². The van der Waals surface area contributed by atoms with E-state index in [-0.39, 0.29) is 17.6 Å². The lowest BCUT2D eigenvalue weighted by atomic mass is 10.1. The second-order valence-electron chi connectivity index (χ2n) is 3.24. The highest BCUT2D eigenvalue weighted by Gasteiger charge is 2.16. The Labute approximate surface area is 88.9 Å². The van der Waals surface area contributed by atoms with Gasteiger partial charge in [-0.15, -0.1) is 0 Å². The summed E-state index contributed by atoms with van der Waals surface area (Å²) in [5, 5.41) is 19.4. The molecule has 0 saturated carbocycles. The minimum atomic E-state index is -1.03. The molecule has 1 heterocycles. The second kappa shape index (κ2) is 3.61. The van der Waals surface area contributed by atoms with Crippen LogP contribution in [0.25, 0.3) is 11.0 Å². The summed E-state index contributed by atoms with van der Waals surface area (Å²) in [7, 11) is 0. The number of nitro groups is 1. The molecule has 0 unspecified atom stereocenters. The van der Waals surface area contributed by atoms with Gasteiger partial charge in [-0.2, -0.15) is 0 Å². The quantitative estimate of drug-likeness (QED) is 0.595. The molecule has 7 heteroatoms. The number of hydrogen-bond acceptors (Lipinski definition) is 4. The lowest BCUT2D eigenvalue weighted by Crippen LogP contribution is -2.01. The zero-order chi connectivity index (χ0) is 11.7. The summed E-state index contributed by atoms with van der Waals surface area (Å²) in [6.07, 6.45) is 1.08. The number of nitrogens with one attached hydrogen (secondary N) is 1. The second-order valence-corrected chi connectivity index (χ2v) is 3.24. The van der Waals surface area contributed by atoms with Crippen molar-refractivity contribution in [3.8, 4) is 0 Å². The average Bonchev–Trinajstić information content (AvgIpc) is 2.62. The van der Waals surface area contributed by atoms with Crippen LogP contribution < -0.4 is 0 Å². The van der Waals surface area contributed by atoms with Crippen molar-refractivity contribution in [2.75, 3.05) is 0 Å². The summed E-state index contributed by atoms with van der Waals surface area (Å²) in [5.74, 6) is -1.03. The van der Waals surface area contributed by atoms with Gasteiger partial charge >= 0.3 is 5.97 Å². The van der Waals surface area contributed by atoms with Crippen LogP contribution in [-0.2, 0) is 11.2 Å². The predicted molar refractivity (Wildman–Crippen MR) is 54.1 cm³/mol. The Morgan fingerprint density at radius 1 is 1.56 bits per heavy atom. The molecule has 0 aliphatic carbocycles. The maximum absolute atomic E-state index is 10.8. The number of rotatable bonds is 3. The monoisotopic (exact) mass is 221 g/mol. The van der Waals surface area contributed by atoms with Crippen molar-refractivity contribution in [2.24, 2.45) is 0 Å². The highest BCUT2D eigenvalue weighted by atomic mass is 16.6. The number of aromatic nitrogens is 2. The Morgan fingerprint density at radius 2 is 2.31 bits per heavy atom. The molecule has 7 nitrogen and oxygen atoms in total. The van der Waals surface area contributed by atoms with E-state index in [1.54, 1.807) is 6.07 Å². The van der Waals surface area contributed by atoms with Crippen LogP contribution in [-0.4, -0.2) is 26.0 Å². The summed E-state index contributed by atoms with van der Waals surface area (Å²) in [6.45, 7) is 0. The lowest BCUT2D eigenvalue weighted by Gasteiger charge is -1.98. The Morgan fingerprint density at radius 3 is 2.94 bits per heavy atom. The first-order chi connectivity index (χ1) is 7.58. The van der Waals surface area contributed by atoms with E-state index in [4.69, 9.17) is 5.11 Å². The first-order valence-electron chi connectivity index (χ1n) is 4.40. The Hall–Kier alpha value is -2.44. The van der Waals surface area contributed by atoms with Gasteiger partial charge in [0.1, 0.15) is 0 Å². The van der Waals surface area contributed by atoms with Crippen LogP contribution >= 0.6 is 0 Å². The van der Waals surface area contributed by atoms with Crippen molar-refractivity contribution < 1.29 is 14.8 Å². The minimum Gasteiger partial charge on any atom is -0.481 e. The number of fused-ring (bicyclic) bond motifs is 1. The smallest absolute Gasteiger partial charge is 0.307 e. The molecule has 0 atom stereocenters. The van der Waals surface area contributed by atoms with Gasteiger partial charge in [-0.25, -0.2) is 4.98 Å². The van der Waals surface area contributed by atoms with Crippen LogP contribution in [0.1, 0.15) is 5.56 Å². The van der Waals surface area contributed by atoms with Gasteiger partial charge in [-0.05, 0) is 11.6 Å². The maximum atomic E-state index is 10.8. The van der Waals surface area contributed by atoms with E-state index in [0.717, 1.165) is 0 Å². The van der Waals surface area contributed by atoms with Gasteiger partial charge in [0, 0.05) is 6.07 Å². The van der Waals surface area contributed by atoms with Gasteiger partial charge in [0.25, 0.3) is 5.69 Å². The van der Waals surface area contributed by atoms with Gasteiger partial charge in [-0.1, -0.05) is 0 Å². The van der Waals surface area contributed by atoms with Crippen LogP contribution in [0.15, 0.2) is 18.5 Å². The third kappa shape index (κ3) is 1.70. The van der Waals surface area contributed by atoms with Gasteiger partial charge < -0.3 is 10.1 Å². The van der Waals surface area contributed by atoms with E-state index in [1.807, 2.05) is 0 Å². The van der Waals surface area contributed by atoms with Crippen molar-refractivity contribution in [3.63, 3.8) is 0 Å². The van der Waals surface area contributed by atoms with Gasteiger partial charge in [-0.3, -0.25) is 14.9 Å². The number of nitro benzene ring substituents is 1. The number of imidazole rings is 1. The van der Waals surface area contributed by atoms with E-state index in [1.165, 1.54) is 12.4 Å². The highest BCUT2D eigenvalue weighted by molar-refractivity contribution is 5.86. The number of H-pyrrole nitrogens is 1. The molecule has 0 bridgehead atoms. The van der Waals surface area contributed by atoms with E-state index in [9.17, 15) is 14.9 Å². The number of non-ortho nitro benzene ring substituents is 1. The first kappa shape index (κ1) is 10.1. The van der Waals surface area contributed by atoms with Crippen LogP contribution in [0.5, 0.6) is 0 Å². The SMILES string of the molecule is O=C(O)Cc1cc([N+](=O)[O-])c2nc[nH]c2c1. The third-order valence-electron chi connectivity index (χ3n) is 2.12. The fourth-order valence-corrected chi connectivity index (χ4v) is 1.51. The number of benzene rings is 1. The molecule has 0 saturated heterocycles. The van der Waals surface area contributed by atoms with Gasteiger partial charge in [0.2, 0.25) is 0 Å². The topological polar surface area (TPSA) is 109 Å². The molecule has 0 amide bonds. The van der Waals surface area contributed by atoms with Crippen molar-refractivity contribution in [2.45, 2.75) is 6.42 Å². The molecule has 0 radical (unpaired) electrons. The number of aliphatic carboxylic acids is 1. The summed E-state index contributed by atoms with van der Waals surface area (Å²) in [4.78, 5) is 27.2. The molecular weight excluding hydrogens is 214 g/mol. The molecule has 2 rings (SSSR count).